The molecule has 32 heavy (non-hydrogen) atoms. The molecule has 1 amide bonds. The van der Waals surface area contributed by atoms with Gasteiger partial charge in [-0.15, -0.1) is 0 Å². The van der Waals surface area contributed by atoms with Crippen LogP contribution in [0.3, 0.4) is 0 Å². The highest BCUT2D eigenvalue weighted by Crippen LogP contribution is 2.32. The van der Waals surface area contributed by atoms with Gasteiger partial charge in [-0.3, -0.25) is 9.59 Å². The lowest BCUT2D eigenvalue weighted by atomic mass is 9.96. The maximum atomic E-state index is 13.4. The van der Waals surface area contributed by atoms with E-state index < -0.39 is 0 Å². The third-order valence-corrected chi connectivity index (χ3v) is 5.49. The van der Waals surface area contributed by atoms with Gasteiger partial charge in [0, 0.05) is 29.1 Å². The van der Waals surface area contributed by atoms with Gasteiger partial charge in [-0.05, 0) is 41.5 Å². The van der Waals surface area contributed by atoms with Crippen molar-refractivity contribution in [2.24, 2.45) is 7.05 Å². The molecule has 162 valence electrons. The minimum absolute atomic E-state index is 0.0494. The first-order valence-corrected chi connectivity index (χ1v) is 10.2. The molecule has 0 radical (unpaired) electrons. The first-order chi connectivity index (χ1) is 15.5. The molecule has 0 atom stereocenters. The average Bonchev–Trinajstić information content (AvgIpc) is 2.80. The van der Waals surface area contributed by atoms with Crippen LogP contribution in [-0.2, 0) is 24.8 Å². The molecular weight excluding hydrogens is 407 g/mol. The second kappa shape index (κ2) is 9.06. The number of hydrogen-bond donors (Lipinski definition) is 1. The number of rotatable bonds is 6. The van der Waals surface area contributed by atoms with E-state index in [1.807, 2.05) is 36.4 Å². The first kappa shape index (κ1) is 21.3. The van der Waals surface area contributed by atoms with E-state index in [2.05, 4.69) is 5.32 Å². The number of nitrogens with zero attached hydrogens (tertiary/aromatic N) is 1. The van der Waals surface area contributed by atoms with Gasteiger partial charge in [-0.2, -0.15) is 0 Å². The van der Waals surface area contributed by atoms with Crippen LogP contribution in [0.25, 0.3) is 21.9 Å². The molecule has 0 aliphatic heterocycles. The summed E-state index contributed by atoms with van der Waals surface area (Å²) in [5.74, 6) is 0.00404. The Morgan fingerprint density at radius 3 is 2.50 bits per heavy atom. The van der Waals surface area contributed by atoms with Crippen molar-refractivity contribution in [3.8, 4) is 16.9 Å². The summed E-state index contributed by atoms with van der Waals surface area (Å²) >= 11 is 0. The third kappa shape index (κ3) is 4.25. The number of nitrogens with one attached hydrogen (secondary N) is 1. The smallest absolute Gasteiger partial charge is 0.258 e. The fourth-order valence-corrected chi connectivity index (χ4v) is 3.88. The topological polar surface area (TPSA) is 60.3 Å². The van der Waals surface area contributed by atoms with Gasteiger partial charge in [-0.1, -0.05) is 42.5 Å². The van der Waals surface area contributed by atoms with E-state index in [-0.39, 0.29) is 30.2 Å². The Bertz CT molecular complexity index is 1350. The van der Waals surface area contributed by atoms with Gasteiger partial charge in [0.2, 0.25) is 5.91 Å². The molecule has 0 bridgehead atoms. The molecule has 5 nitrogen and oxygen atoms in total. The molecule has 6 heteroatoms. The van der Waals surface area contributed by atoms with Crippen molar-refractivity contribution in [2.75, 3.05) is 7.11 Å². The fraction of sp³-hybridized carbons (Fsp3) is 0.154. The monoisotopic (exact) mass is 430 g/mol. The summed E-state index contributed by atoms with van der Waals surface area (Å²) in [6.07, 6.45) is 0.0494. The lowest BCUT2D eigenvalue weighted by molar-refractivity contribution is -0.120. The zero-order chi connectivity index (χ0) is 22.7. The molecule has 0 aliphatic carbocycles. The highest BCUT2D eigenvalue weighted by molar-refractivity contribution is 5.98. The Hall–Kier alpha value is -3.93. The number of carbonyl (C=O) groups excluding carboxylic acids is 1. The normalized spacial score (nSPS) is 10.8. The van der Waals surface area contributed by atoms with Crippen LogP contribution in [0.1, 0.15) is 11.3 Å². The predicted octanol–water partition coefficient (Wildman–Crippen LogP) is 4.21. The molecule has 0 aliphatic rings. The van der Waals surface area contributed by atoms with Crippen molar-refractivity contribution in [2.45, 2.75) is 13.0 Å². The van der Waals surface area contributed by atoms with E-state index >= 15 is 0 Å². The predicted molar refractivity (Wildman–Crippen MR) is 123 cm³/mol. The fourth-order valence-electron chi connectivity index (χ4n) is 3.88. The Morgan fingerprint density at radius 1 is 1.00 bits per heavy atom. The summed E-state index contributed by atoms with van der Waals surface area (Å²) in [7, 11) is 3.28. The van der Waals surface area contributed by atoms with Crippen LogP contribution in [-0.4, -0.2) is 17.6 Å². The van der Waals surface area contributed by atoms with Gasteiger partial charge >= 0.3 is 0 Å². The second-order valence-electron chi connectivity index (χ2n) is 7.55. The molecule has 4 aromatic rings. The van der Waals surface area contributed by atoms with Crippen LogP contribution in [0.2, 0.25) is 0 Å². The maximum absolute atomic E-state index is 13.4. The summed E-state index contributed by atoms with van der Waals surface area (Å²) in [4.78, 5) is 25.6. The molecule has 0 fully saturated rings. The van der Waals surface area contributed by atoms with Gasteiger partial charge < -0.3 is 14.6 Å². The molecule has 0 saturated carbocycles. The Balaban J connectivity index is 1.77. The van der Waals surface area contributed by atoms with Gasteiger partial charge in [0.05, 0.1) is 20.1 Å². The molecule has 4 rings (SSSR count). The number of benzene rings is 3. The number of fused-ring (bicyclic) bond motifs is 1. The van der Waals surface area contributed by atoms with Crippen molar-refractivity contribution < 1.29 is 13.9 Å². The van der Waals surface area contributed by atoms with Crippen LogP contribution in [0.5, 0.6) is 5.75 Å². The number of aromatic nitrogens is 1. The van der Waals surface area contributed by atoms with Crippen LogP contribution >= 0.6 is 0 Å². The van der Waals surface area contributed by atoms with Crippen LogP contribution in [0, 0.1) is 5.82 Å². The van der Waals surface area contributed by atoms with E-state index in [4.69, 9.17) is 4.74 Å². The number of halogens is 1. The number of hydrogen-bond acceptors (Lipinski definition) is 3. The van der Waals surface area contributed by atoms with Crippen molar-refractivity contribution in [3.05, 3.63) is 100 Å². The van der Waals surface area contributed by atoms with Gasteiger partial charge in [0.1, 0.15) is 11.6 Å². The molecule has 0 saturated heterocycles. The summed E-state index contributed by atoms with van der Waals surface area (Å²) in [6.45, 7) is 0.150. The summed E-state index contributed by atoms with van der Waals surface area (Å²) < 4.78 is 20.4. The highest BCUT2D eigenvalue weighted by Gasteiger charge is 2.18. The van der Waals surface area contributed by atoms with E-state index in [1.54, 1.807) is 43.0 Å². The largest absolute Gasteiger partial charge is 0.497 e. The third-order valence-electron chi connectivity index (χ3n) is 5.49. The number of methoxy groups -OCH3 is 1. The lowest BCUT2D eigenvalue weighted by Gasteiger charge is -2.19. The molecule has 1 N–H and O–H groups in total. The van der Waals surface area contributed by atoms with Crippen LogP contribution in [0.4, 0.5) is 4.39 Å². The lowest BCUT2D eigenvalue weighted by Crippen LogP contribution is -2.30. The van der Waals surface area contributed by atoms with Gasteiger partial charge in [0.15, 0.2) is 0 Å². The molecule has 1 aromatic heterocycles. The van der Waals surface area contributed by atoms with Crippen LogP contribution < -0.4 is 15.6 Å². The molecular formula is C26H23FN2O3. The maximum Gasteiger partial charge on any atom is 0.258 e. The zero-order valence-electron chi connectivity index (χ0n) is 17.9. The van der Waals surface area contributed by atoms with E-state index in [9.17, 15) is 14.0 Å². The number of carbonyl (C=O) groups is 1. The average molecular weight is 430 g/mol. The standard InChI is InChI=1S/C26H23FN2O3/c1-29-23(16-28-24(30)14-17-7-6-10-19(27)13-17)25(18-8-4-3-5-9-18)22-15-20(32-2)11-12-21(22)26(29)31/h3-13,15H,14,16H2,1-2H3,(H,28,30). The minimum Gasteiger partial charge on any atom is -0.497 e. The van der Waals surface area contributed by atoms with E-state index in [0.29, 0.717) is 22.4 Å². The van der Waals surface area contributed by atoms with Crippen molar-refractivity contribution in [1.82, 2.24) is 9.88 Å². The van der Waals surface area contributed by atoms with Crippen molar-refractivity contribution >= 4 is 16.7 Å². The van der Waals surface area contributed by atoms with Crippen molar-refractivity contribution in [1.29, 1.82) is 0 Å². The van der Waals surface area contributed by atoms with Gasteiger partial charge in [0.25, 0.3) is 5.56 Å². The molecule has 1 heterocycles. The highest BCUT2D eigenvalue weighted by atomic mass is 19.1. The summed E-state index contributed by atoms with van der Waals surface area (Å²) in [5.41, 5.74) is 2.89. The van der Waals surface area contributed by atoms with E-state index in [0.717, 1.165) is 16.5 Å². The second-order valence-corrected chi connectivity index (χ2v) is 7.55. The molecule has 0 unspecified atom stereocenters. The Morgan fingerprint density at radius 2 is 1.78 bits per heavy atom. The number of pyridine rings is 1. The van der Waals surface area contributed by atoms with E-state index in [1.165, 1.54) is 12.1 Å². The quantitative estimate of drug-likeness (QED) is 0.499. The minimum atomic E-state index is -0.382. The van der Waals surface area contributed by atoms with Crippen LogP contribution in [0.15, 0.2) is 77.6 Å². The van der Waals surface area contributed by atoms with Crippen molar-refractivity contribution in [3.63, 3.8) is 0 Å². The van der Waals surface area contributed by atoms with Gasteiger partial charge in [-0.25, -0.2) is 4.39 Å². The number of amides is 1. The SMILES string of the molecule is COc1ccc2c(=O)n(C)c(CNC(=O)Cc3cccc(F)c3)c(-c3ccccc3)c2c1. The zero-order valence-corrected chi connectivity index (χ0v) is 17.9. The Labute approximate surface area is 185 Å². The first-order valence-electron chi connectivity index (χ1n) is 10.2. The summed E-state index contributed by atoms with van der Waals surface area (Å²) in [6, 6.07) is 21.0. The molecule has 3 aromatic carbocycles. The number of ether oxygens (including phenoxy) is 1. The Kier molecular flexibility index (Phi) is 6.03. The summed E-state index contributed by atoms with van der Waals surface area (Å²) in [5, 5.41) is 4.21. The molecule has 0 spiro atoms.